The Hall–Kier alpha value is -2.36. The summed E-state index contributed by atoms with van der Waals surface area (Å²) in [6.45, 7) is 3.54. The van der Waals surface area contributed by atoms with Crippen molar-refractivity contribution >= 4 is 11.7 Å². The van der Waals surface area contributed by atoms with Crippen LogP contribution in [-0.2, 0) is 11.2 Å². The average molecular weight is 349 g/mol. The predicted octanol–water partition coefficient (Wildman–Crippen LogP) is 3.53. The van der Waals surface area contributed by atoms with Gasteiger partial charge in [-0.15, -0.1) is 0 Å². The van der Waals surface area contributed by atoms with Crippen molar-refractivity contribution in [3.05, 3.63) is 60.3 Å². The van der Waals surface area contributed by atoms with Crippen LogP contribution in [0.4, 0.5) is 5.82 Å². The zero-order valence-electron chi connectivity index (χ0n) is 15.3. The number of likely N-dealkylation sites (tertiary alicyclic amines) is 1. The first-order valence-corrected chi connectivity index (χ1v) is 9.76. The number of piperidine rings is 1. The lowest BCUT2D eigenvalue weighted by Crippen LogP contribution is -2.50. The number of amides is 1. The summed E-state index contributed by atoms with van der Waals surface area (Å²) in [7, 11) is 0. The summed E-state index contributed by atoms with van der Waals surface area (Å²) in [4.78, 5) is 22.1. The molecule has 2 saturated heterocycles. The van der Waals surface area contributed by atoms with Gasteiger partial charge in [-0.05, 0) is 49.8 Å². The van der Waals surface area contributed by atoms with Crippen molar-refractivity contribution in [3.63, 3.8) is 0 Å². The quantitative estimate of drug-likeness (QED) is 0.828. The van der Waals surface area contributed by atoms with Gasteiger partial charge in [-0.25, -0.2) is 4.98 Å². The molecule has 0 bridgehead atoms. The average Bonchev–Trinajstić information content (AvgIpc) is 3.12. The van der Waals surface area contributed by atoms with E-state index < -0.39 is 0 Å². The summed E-state index contributed by atoms with van der Waals surface area (Å²) in [6, 6.07) is 16.6. The Labute approximate surface area is 155 Å². The molecule has 1 spiro atoms. The second kappa shape index (κ2) is 7.48. The molecule has 1 atom stereocenters. The summed E-state index contributed by atoms with van der Waals surface area (Å²) in [5, 5.41) is 0. The summed E-state index contributed by atoms with van der Waals surface area (Å²) < 4.78 is 0. The van der Waals surface area contributed by atoms with Crippen LogP contribution >= 0.6 is 0 Å². The highest BCUT2D eigenvalue weighted by atomic mass is 16.2. The van der Waals surface area contributed by atoms with Crippen LogP contribution in [-0.4, -0.2) is 42.0 Å². The van der Waals surface area contributed by atoms with Gasteiger partial charge in [0.2, 0.25) is 5.91 Å². The van der Waals surface area contributed by atoms with E-state index in [0.717, 1.165) is 64.1 Å². The minimum atomic E-state index is -0.192. The van der Waals surface area contributed by atoms with Crippen LogP contribution < -0.4 is 4.90 Å². The molecule has 2 fully saturated rings. The molecule has 4 nitrogen and oxygen atoms in total. The lowest BCUT2D eigenvalue weighted by molar-refractivity contribution is -0.145. The first kappa shape index (κ1) is 17.1. The molecule has 1 aromatic heterocycles. The lowest BCUT2D eigenvalue weighted by atomic mass is 9.78. The van der Waals surface area contributed by atoms with E-state index in [1.54, 1.807) is 0 Å². The molecule has 2 aromatic rings. The smallest absolute Gasteiger partial charge is 0.230 e. The number of hydrogen-bond donors (Lipinski definition) is 0. The van der Waals surface area contributed by atoms with Gasteiger partial charge in [0.05, 0.1) is 5.41 Å². The zero-order valence-corrected chi connectivity index (χ0v) is 15.3. The SMILES string of the molecule is O=C1N(CCCc2ccccc2)CCC[C@]12CCN(c1ccccn1)C2. The number of carbonyl (C=O) groups is 1. The van der Waals surface area contributed by atoms with Crippen LogP contribution in [0, 0.1) is 5.41 Å². The molecular formula is C22H27N3O. The van der Waals surface area contributed by atoms with E-state index in [1.807, 2.05) is 24.4 Å². The number of aryl methyl sites for hydroxylation is 1. The number of anilines is 1. The molecule has 0 N–H and O–H groups in total. The Morgan fingerprint density at radius 3 is 2.65 bits per heavy atom. The summed E-state index contributed by atoms with van der Waals surface area (Å²) >= 11 is 0. The van der Waals surface area contributed by atoms with Gasteiger partial charge in [0.15, 0.2) is 0 Å². The highest BCUT2D eigenvalue weighted by Gasteiger charge is 2.48. The van der Waals surface area contributed by atoms with Crippen LogP contribution in [0.3, 0.4) is 0 Å². The Morgan fingerprint density at radius 2 is 1.85 bits per heavy atom. The van der Waals surface area contributed by atoms with E-state index in [2.05, 4.69) is 45.1 Å². The van der Waals surface area contributed by atoms with Gasteiger partial charge in [-0.1, -0.05) is 36.4 Å². The first-order chi connectivity index (χ1) is 12.8. The lowest BCUT2D eigenvalue weighted by Gasteiger charge is -2.39. The first-order valence-electron chi connectivity index (χ1n) is 9.76. The molecule has 1 aromatic carbocycles. The van der Waals surface area contributed by atoms with Crippen molar-refractivity contribution in [1.82, 2.24) is 9.88 Å². The minimum absolute atomic E-state index is 0.192. The zero-order chi connectivity index (χ0) is 17.8. The standard InChI is InChI=1S/C22H27N3O/c26-21-22(13-17-25(18-22)20-11-4-5-14-23-20)12-7-16-24(21)15-6-10-19-8-2-1-3-9-19/h1-5,8-9,11,14H,6-7,10,12-13,15-18H2/t22-/m1/s1. The number of pyridine rings is 1. The molecule has 4 heteroatoms. The van der Waals surface area contributed by atoms with Crippen molar-refractivity contribution in [2.75, 3.05) is 31.1 Å². The van der Waals surface area contributed by atoms with Crippen molar-refractivity contribution in [2.24, 2.45) is 5.41 Å². The largest absolute Gasteiger partial charge is 0.356 e. The Morgan fingerprint density at radius 1 is 1.00 bits per heavy atom. The normalized spacial score (nSPS) is 23.0. The van der Waals surface area contributed by atoms with Gasteiger partial charge in [0.1, 0.15) is 5.82 Å². The van der Waals surface area contributed by atoms with Crippen LogP contribution in [0.25, 0.3) is 0 Å². The number of nitrogens with zero attached hydrogens (tertiary/aromatic N) is 3. The fourth-order valence-corrected chi connectivity index (χ4v) is 4.47. The molecule has 136 valence electrons. The molecule has 26 heavy (non-hydrogen) atoms. The third-order valence-electron chi connectivity index (χ3n) is 5.89. The van der Waals surface area contributed by atoms with E-state index in [4.69, 9.17) is 0 Å². The summed E-state index contributed by atoms with van der Waals surface area (Å²) in [5.41, 5.74) is 1.16. The molecule has 2 aliphatic heterocycles. The van der Waals surface area contributed by atoms with E-state index in [9.17, 15) is 4.79 Å². The number of aromatic nitrogens is 1. The highest BCUT2D eigenvalue weighted by Crippen LogP contribution is 2.41. The molecule has 0 radical (unpaired) electrons. The molecule has 3 heterocycles. The topological polar surface area (TPSA) is 36.4 Å². The molecule has 1 amide bonds. The van der Waals surface area contributed by atoms with Crippen molar-refractivity contribution < 1.29 is 4.79 Å². The van der Waals surface area contributed by atoms with E-state index in [0.29, 0.717) is 5.91 Å². The Balaban J connectivity index is 1.37. The third kappa shape index (κ3) is 3.46. The van der Waals surface area contributed by atoms with Gasteiger partial charge >= 0.3 is 0 Å². The monoisotopic (exact) mass is 349 g/mol. The number of carbonyl (C=O) groups excluding carboxylic acids is 1. The van der Waals surface area contributed by atoms with Crippen molar-refractivity contribution in [1.29, 1.82) is 0 Å². The number of hydrogen-bond acceptors (Lipinski definition) is 3. The molecule has 2 aliphatic rings. The molecule has 0 saturated carbocycles. The maximum atomic E-state index is 13.2. The second-order valence-corrected chi connectivity index (χ2v) is 7.62. The van der Waals surface area contributed by atoms with Gasteiger partial charge in [-0.2, -0.15) is 0 Å². The van der Waals surface area contributed by atoms with E-state index >= 15 is 0 Å². The number of benzene rings is 1. The summed E-state index contributed by atoms with van der Waals surface area (Å²) in [5.74, 6) is 1.37. The van der Waals surface area contributed by atoms with Crippen LogP contribution in [0.2, 0.25) is 0 Å². The third-order valence-corrected chi connectivity index (χ3v) is 5.89. The van der Waals surface area contributed by atoms with Gasteiger partial charge in [-0.3, -0.25) is 4.79 Å². The van der Waals surface area contributed by atoms with E-state index in [1.165, 1.54) is 5.56 Å². The molecule has 4 rings (SSSR count). The van der Waals surface area contributed by atoms with Crippen molar-refractivity contribution in [2.45, 2.75) is 32.1 Å². The highest BCUT2D eigenvalue weighted by molar-refractivity contribution is 5.85. The fourth-order valence-electron chi connectivity index (χ4n) is 4.47. The van der Waals surface area contributed by atoms with Gasteiger partial charge in [0.25, 0.3) is 0 Å². The maximum absolute atomic E-state index is 13.2. The fraction of sp³-hybridized carbons (Fsp3) is 0.455. The summed E-state index contributed by atoms with van der Waals surface area (Å²) in [6.07, 6.45) is 7.00. The maximum Gasteiger partial charge on any atom is 0.230 e. The van der Waals surface area contributed by atoms with Gasteiger partial charge < -0.3 is 9.80 Å². The van der Waals surface area contributed by atoms with E-state index in [-0.39, 0.29) is 5.41 Å². The van der Waals surface area contributed by atoms with Gasteiger partial charge in [0, 0.05) is 32.4 Å². The van der Waals surface area contributed by atoms with Crippen LogP contribution in [0.1, 0.15) is 31.2 Å². The van der Waals surface area contributed by atoms with Crippen LogP contribution in [0.5, 0.6) is 0 Å². The molecule has 0 unspecified atom stereocenters. The second-order valence-electron chi connectivity index (χ2n) is 7.62. The minimum Gasteiger partial charge on any atom is -0.356 e. The Bertz CT molecular complexity index is 734. The van der Waals surface area contributed by atoms with Crippen molar-refractivity contribution in [3.8, 4) is 0 Å². The number of rotatable bonds is 5. The molecule has 0 aliphatic carbocycles. The predicted molar refractivity (Wildman–Crippen MR) is 104 cm³/mol. The van der Waals surface area contributed by atoms with Crippen LogP contribution in [0.15, 0.2) is 54.7 Å². The Kier molecular flexibility index (Phi) is 4.91. The molecular weight excluding hydrogens is 322 g/mol.